The molecule has 33 heavy (non-hydrogen) atoms. The van der Waals surface area contributed by atoms with Crippen LogP contribution in [-0.2, 0) is 37.2 Å². The molecule has 0 bridgehead atoms. The van der Waals surface area contributed by atoms with Gasteiger partial charge in [0.1, 0.15) is 11.0 Å². The molecule has 0 fully saturated rings. The standard InChI is InChI=1S/C21H24BrN3O6S2/c1-11(2)18(25-33(29,30)13-8-6-12(22)7-9-13)21(28)31-10-16(26)24-20-17(19(23)27)14-4-3-5-15(14)32-20/h6-9,11,18,25H,3-5,10H2,1-2H3,(H2,23,27)(H,24,26). The highest BCUT2D eigenvalue weighted by Crippen LogP contribution is 2.38. The first kappa shape index (κ1) is 25.3. The summed E-state index contributed by atoms with van der Waals surface area (Å²) in [5.74, 6) is -2.59. The summed E-state index contributed by atoms with van der Waals surface area (Å²) in [6.45, 7) is 2.67. The van der Waals surface area contributed by atoms with Crippen molar-refractivity contribution in [3.63, 3.8) is 0 Å². The maximum Gasteiger partial charge on any atom is 0.324 e. The molecule has 3 rings (SSSR count). The quantitative estimate of drug-likeness (QED) is 0.404. The van der Waals surface area contributed by atoms with Crippen LogP contribution in [0.1, 0.15) is 41.1 Å². The summed E-state index contributed by atoms with van der Waals surface area (Å²) in [6, 6.07) is 4.75. The van der Waals surface area contributed by atoms with Gasteiger partial charge in [-0.25, -0.2) is 8.42 Å². The summed E-state index contributed by atoms with van der Waals surface area (Å²) in [5.41, 5.74) is 6.64. The number of hydrogen-bond donors (Lipinski definition) is 3. The van der Waals surface area contributed by atoms with Gasteiger partial charge in [-0.15, -0.1) is 11.3 Å². The molecule has 0 saturated carbocycles. The molecule has 0 radical (unpaired) electrons. The van der Waals surface area contributed by atoms with Gasteiger partial charge in [-0.2, -0.15) is 4.72 Å². The normalized spacial score (nSPS) is 14.1. The average molecular weight is 558 g/mol. The molecule has 1 atom stereocenters. The second kappa shape index (κ2) is 10.3. The lowest BCUT2D eigenvalue weighted by Crippen LogP contribution is -2.45. The number of carbonyl (C=O) groups is 3. The second-order valence-corrected chi connectivity index (χ2v) is 11.6. The molecule has 1 aliphatic rings. The highest BCUT2D eigenvalue weighted by atomic mass is 79.9. The van der Waals surface area contributed by atoms with E-state index in [1.807, 2.05) is 0 Å². The van der Waals surface area contributed by atoms with Gasteiger partial charge in [0, 0.05) is 9.35 Å². The van der Waals surface area contributed by atoms with Crippen LogP contribution < -0.4 is 15.8 Å². The number of amides is 2. The molecular formula is C21H24BrN3O6S2. The number of aryl methyl sites for hydroxylation is 1. The Morgan fingerprint density at radius 3 is 2.45 bits per heavy atom. The number of primary amides is 1. The van der Waals surface area contributed by atoms with Gasteiger partial charge in [0.25, 0.3) is 11.8 Å². The average Bonchev–Trinajstić information content (AvgIpc) is 3.31. The lowest BCUT2D eigenvalue weighted by atomic mass is 10.1. The van der Waals surface area contributed by atoms with Crippen molar-refractivity contribution in [2.24, 2.45) is 11.7 Å². The second-order valence-electron chi connectivity index (χ2n) is 7.88. The van der Waals surface area contributed by atoms with Crippen LogP contribution in [0.3, 0.4) is 0 Å². The minimum Gasteiger partial charge on any atom is -0.454 e. The van der Waals surface area contributed by atoms with Crippen molar-refractivity contribution in [1.29, 1.82) is 0 Å². The van der Waals surface area contributed by atoms with Gasteiger partial charge in [0.2, 0.25) is 10.0 Å². The molecule has 1 aromatic carbocycles. The Morgan fingerprint density at radius 2 is 1.85 bits per heavy atom. The van der Waals surface area contributed by atoms with Crippen LogP contribution in [0, 0.1) is 5.92 Å². The van der Waals surface area contributed by atoms with Crippen molar-refractivity contribution < 1.29 is 27.5 Å². The van der Waals surface area contributed by atoms with Crippen LogP contribution in [0.25, 0.3) is 0 Å². The molecule has 9 nitrogen and oxygen atoms in total. The Morgan fingerprint density at radius 1 is 1.18 bits per heavy atom. The van der Waals surface area contributed by atoms with E-state index >= 15 is 0 Å². The molecule has 0 aliphatic heterocycles. The molecule has 178 valence electrons. The molecule has 1 aromatic heterocycles. The lowest BCUT2D eigenvalue weighted by Gasteiger charge is -2.20. The molecule has 2 aromatic rings. The fourth-order valence-electron chi connectivity index (χ4n) is 3.45. The third-order valence-corrected chi connectivity index (χ3v) is 8.29. The van der Waals surface area contributed by atoms with Crippen molar-refractivity contribution in [2.75, 3.05) is 11.9 Å². The SMILES string of the molecule is CC(C)C(NS(=O)(=O)c1ccc(Br)cc1)C(=O)OCC(=O)Nc1sc2c(c1C(N)=O)CCC2. The van der Waals surface area contributed by atoms with Crippen LogP contribution in [0.5, 0.6) is 0 Å². The van der Waals surface area contributed by atoms with Crippen molar-refractivity contribution >= 4 is 60.1 Å². The number of halogens is 1. The summed E-state index contributed by atoms with van der Waals surface area (Å²) in [4.78, 5) is 37.8. The van der Waals surface area contributed by atoms with Crippen molar-refractivity contribution in [3.05, 3.63) is 44.7 Å². The number of fused-ring (bicyclic) bond motifs is 1. The van der Waals surface area contributed by atoms with E-state index in [1.54, 1.807) is 26.0 Å². The highest BCUT2D eigenvalue weighted by molar-refractivity contribution is 9.10. The topological polar surface area (TPSA) is 145 Å². The van der Waals surface area contributed by atoms with Crippen molar-refractivity contribution in [2.45, 2.75) is 44.0 Å². The van der Waals surface area contributed by atoms with E-state index in [0.29, 0.717) is 15.0 Å². The number of nitrogens with two attached hydrogens (primary N) is 1. The van der Waals surface area contributed by atoms with Gasteiger partial charge in [0.05, 0.1) is 10.5 Å². The number of sulfonamides is 1. The van der Waals surface area contributed by atoms with Crippen LogP contribution in [0.4, 0.5) is 5.00 Å². The van der Waals surface area contributed by atoms with E-state index in [9.17, 15) is 22.8 Å². The minimum absolute atomic E-state index is 0.00776. The van der Waals surface area contributed by atoms with Crippen LogP contribution in [0.2, 0.25) is 0 Å². The molecule has 12 heteroatoms. The Balaban J connectivity index is 1.64. The Labute approximate surface area is 204 Å². The summed E-state index contributed by atoms with van der Waals surface area (Å²) in [7, 11) is -3.99. The fourth-order valence-corrected chi connectivity index (χ4v) is 6.36. The number of anilines is 1. The van der Waals surface area contributed by atoms with Crippen LogP contribution in [-0.4, -0.2) is 38.9 Å². The lowest BCUT2D eigenvalue weighted by molar-refractivity contribution is -0.150. The maximum absolute atomic E-state index is 12.7. The molecule has 0 saturated heterocycles. The highest BCUT2D eigenvalue weighted by Gasteiger charge is 2.31. The number of benzene rings is 1. The third kappa shape index (κ3) is 5.99. The zero-order valence-electron chi connectivity index (χ0n) is 18.0. The van der Waals surface area contributed by atoms with Gasteiger partial charge in [-0.3, -0.25) is 14.4 Å². The van der Waals surface area contributed by atoms with E-state index in [-0.39, 0.29) is 4.90 Å². The number of nitrogens with one attached hydrogen (secondary N) is 2. The van der Waals surface area contributed by atoms with E-state index in [0.717, 1.165) is 29.7 Å². The monoisotopic (exact) mass is 557 g/mol. The molecule has 4 N–H and O–H groups in total. The fraction of sp³-hybridized carbons (Fsp3) is 0.381. The Bertz CT molecular complexity index is 1180. The minimum atomic E-state index is -3.99. The molecule has 0 spiro atoms. The van der Waals surface area contributed by atoms with Crippen LogP contribution >= 0.6 is 27.3 Å². The van der Waals surface area contributed by atoms with Crippen molar-refractivity contribution in [1.82, 2.24) is 4.72 Å². The largest absolute Gasteiger partial charge is 0.454 e. The van der Waals surface area contributed by atoms with E-state index in [1.165, 1.54) is 23.5 Å². The van der Waals surface area contributed by atoms with Gasteiger partial charge in [-0.05, 0) is 55.0 Å². The van der Waals surface area contributed by atoms with Crippen LogP contribution in [0.15, 0.2) is 33.6 Å². The number of ether oxygens (including phenoxy) is 1. The number of esters is 1. The predicted molar refractivity (Wildman–Crippen MR) is 128 cm³/mol. The zero-order chi connectivity index (χ0) is 24.3. The molecule has 2 amide bonds. The first-order valence-corrected chi connectivity index (χ1v) is 13.3. The summed E-state index contributed by atoms with van der Waals surface area (Å²) in [6.07, 6.45) is 2.48. The van der Waals surface area contributed by atoms with Gasteiger partial charge >= 0.3 is 5.97 Å². The van der Waals surface area contributed by atoms with E-state index < -0.39 is 46.4 Å². The first-order chi connectivity index (χ1) is 15.5. The van der Waals surface area contributed by atoms with E-state index in [4.69, 9.17) is 10.5 Å². The third-order valence-electron chi connectivity index (χ3n) is 5.09. The number of rotatable bonds is 9. The van der Waals surface area contributed by atoms with Gasteiger partial charge in [-0.1, -0.05) is 29.8 Å². The van der Waals surface area contributed by atoms with E-state index in [2.05, 4.69) is 26.0 Å². The van der Waals surface area contributed by atoms with Gasteiger partial charge in [0.15, 0.2) is 6.61 Å². The molecule has 1 heterocycles. The smallest absolute Gasteiger partial charge is 0.324 e. The van der Waals surface area contributed by atoms with Gasteiger partial charge < -0.3 is 15.8 Å². The molecule has 1 unspecified atom stereocenters. The summed E-state index contributed by atoms with van der Waals surface area (Å²) >= 11 is 4.53. The Kier molecular flexibility index (Phi) is 7.93. The van der Waals surface area contributed by atoms with Crippen molar-refractivity contribution in [3.8, 4) is 0 Å². The first-order valence-electron chi connectivity index (χ1n) is 10.2. The maximum atomic E-state index is 12.7. The summed E-state index contributed by atoms with van der Waals surface area (Å²) < 4.78 is 33.4. The summed E-state index contributed by atoms with van der Waals surface area (Å²) in [5, 5.41) is 2.92. The molecular weight excluding hydrogens is 534 g/mol. The number of thiophene rings is 1. The zero-order valence-corrected chi connectivity index (χ0v) is 21.2. The number of hydrogen-bond acceptors (Lipinski definition) is 7. The number of carbonyl (C=O) groups excluding carboxylic acids is 3. The molecule has 1 aliphatic carbocycles. The Hall–Kier alpha value is -2.28. The predicted octanol–water partition coefficient (Wildman–Crippen LogP) is 2.58.